The highest BCUT2D eigenvalue weighted by Gasteiger charge is 2.09. The van der Waals surface area contributed by atoms with Crippen molar-refractivity contribution >= 4 is 55.1 Å². The third-order valence-electron chi connectivity index (χ3n) is 1.22. The fourth-order valence-electron chi connectivity index (χ4n) is 0.689. The Morgan fingerprint density at radius 1 is 1.18 bits per heavy atom. The van der Waals surface area contributed by atoms with Gasteiger partial charge in [-0.25, -0.2) is 0 Å². The van der Waals surface area contributed by atoms with Crippen LogP contribution in [0.3, 0.4) is 0 Å². The Morgan fingerprint density at radius 2 is 1.82 bits per heavy atom. The lowest BCUT2D eigenvalue weighted by atomic mass is 10.2. The summed E-state index contributed by atoms with van der Waals surface area (Å²) in [4.78, 5) is -0.484. The van der Waals surface area contributed by atoms with Crippen molar-refractivity contribution < 1.29 is 0 Å². The minimum atomic E-state index is -0.484. The van der Waals surface area contributed by atoms with E-state index in [4.69, 9.17) is 23.2 Å². The maximum absolute atomic E-state index is 5.69. The molecule has 1 aromatic rings. The van der Waals surface area contributed by atoms with E-state index in [9.17, 15) is 0 Å². The van der Waals surface area contributed by atoms with Gasteiger partial charge >= 0.3 is 0 Å². The lowest BCUT2D eigenvalue weighted by Gasteiger charge is -2.05. The van der Waals surface area contributed by atoms with Crippen LogP contribution in [-0.4, -0.2) is 0 Å². The van der Waals surface area contributed by atoms with Gasteiger partial charge in [0.2, 0.25) is 0 Å². The Hall–Kier alpha value is 0.760. The van der Waals surface area contributed by atoms with E-state index in [0.717, 1.165) is 14.5 Å². The van der Waals surface area contributed by atoms with Crippen molar-refractivity contribution in [3.05, 3.63) is 32.7 Å². The number of hydrogen-bond donors (Lipinski definition) is 0. The van der Waals surface area contributed by atoms with Gasteiger partial charge in [-0.3, -0.25) is 0 Å². The van der Waals surface area contributed by atoms with Gasteiger partial charge in [0.15, 0.2) is 0 Å². The highest BCUT2D eigenvalue weighted by atomic mass is 79.9. The smallest absolute Gasteiger partial charge is 0.100 e. The van der Waals surface area contributed by atoms with Gasteiger partial charge in [0.05, 0.1) is 0 Å². The fourth-order valence-corrected chi connectivity index (χ4v) is 2.19. The molecule has 0 unspecified atom stereocenters. The van der Waals surface area contributed by atoms with E-state index in [1.54, 1.807) is 0 Å². The topological polar surface area (TPSA) is 0 Å². The van der Waals surface area contributed by atoms with Crippen LogP contribution in [0.15, 0.2) is 27.1 Å². The Labute approximate surface area is 92.1 Å². The molecule has 0 aliphatic rings. The van der Waals surface area contributed by atoms with Crippen molar-refractivity contribution in [3.63, 3.8) is 0 Å². The Morgan fingerprint density at radius 3 is 2.27 bits per heavy atom. The van der Waals surface area contributed by atoms with Crippen LogP contribution in [0.4, 0.5) is 0 Å². The van der Waals surface area contributed by atoms with Gasteiger partial charge < -0.3 is 0 Å². The molecule has 1 rings (SSSR count). The zero-order valence-electron chi connectivity index (χ0n) is 5.32. The van der Waals surface area contributed by atoms with Crippen LogP contribution in [0.1, 0.15) is 10.4 Å². The molecule has 60 valence electrons. The van der Waals surface area contributed by atoms with E-state index in [0.29, 0.717) is 0 Å². The predicted octanol–water partition coefficient (Wildman–Crippen LogP) is 4.69. The zero-order valence-corrected chi connectivity index (χ0v) is 10.0. The van der Waals surface area contributed by atoms with Crippen molar-refractivity contribution in [1.82, 2.24) is 0 Å². The Kier molecular flexibility index (Phi) is 3.69. The second-order valence-electron chi connectivity index (χ2n) is 1.94. The van der Waals surface area contributed by atoms with Gasteiger partial charge in [0, 0.05) is 14.5 Å². The molecule has 0 aromatic heterocycles. The van der Waals surface area contributed by atoms with Gasteiger partial charge in [-0.05, 0) is 37.9 Å². The molecule has 0 amide bonds. The number of halogens is 4. The molecule has 0 spiro atoms. The van der Waals surface area contributed by atoms with Gasteiger partial charge in [-0.15, -0.1) is 23.2 Å². The second-order valence-corrected chi connectivity index (χ2v) is 4.69. The van der Waals surface area contributed by atoms with E-state index in [1.807, 2.05) is 18.2 Å². The summed E-state index contributed by atoms with van der Waals surface area (Å²) in [5.41, 5.74) is 0.878. The monoisotopic (exact) mass is 316 g/mol. The van der Waals surface area contributed by atoms with Gasteiger partial charge in [0.25, 0.3) is 0 Å². The van der Waals surface area contributed by atoms with E-state index in [2.05, 4.69) is 31.9 Å². The van der Waals surface area contributed by atoms with Crippen molar-refractivity contribution in [2.24, 2.45) is 0 Å². The first-order valence-corrected chi connectivity index (χ1v) is 5.31. The third kappa shape index (κ3) is 2.35. The van der Waals surface area contributed by atoms with Gasteiger partial charge in [-0.2, -0.15) is 0 Å². The number of alkyl halides is 2. The largest absolute Gasteiger partial charge is 0.133 e. The molecule has 0 bridgehead atoms. The summed E-state index contributed by atoms with van der Waals surface area (Å²) < 4.78 is 1.87. The van der Waals surface area contributed by atoms with E-state index < -0.39 is 4.84 Å². The zero-order chi connectivity index (χ0) is 8.43. The molecule has 0 fully saturated rings. The van der Waals surface area contributed by atoms with Crippen molar-refractivity contribution in [2.75, 3.05) is 0 Å². The lowest BCUT2D eigenvalue weighted by molar-refractivity contribution is 1.31. The number of rotatable bonds is 1. The minimum absolute atomic E-state index is 0.484. The van der Waals surface area contributed by atoms with E-state index in [-0.39, 0.29) is 0 Å². The normalized spacial score (nSPS) is 10.6. The molecule has 0 atom stereocenters. The molecule has 0 nitrogen and oxygen atoms in total. The standard InChI is InChI=1S/C7H4Br2Cl2/c8-5-3-1-2-4(6(5)9)7(10)11/h1-3,7H. The molecule has 0 saturated heterocycles. The maximum Gasteiger partial charge on any atom is 0.133 e. The molecule has 0 radical (unpaired) electrons. The first kappa shape index (κ1) is 9.85. The van der Waals surface area contributed by atoms with Crippen molar-refractivity contribution in [1.29, 1.82) is 0 Å². The van der Waals surface area contributed by atoms with Crippen LogP contribution in [-0.2, 0) is 0 Å². The SMILES string of the molecule is ClC(Cl)c1cccc(Br)c1Br. The summed E-state index contributed by atoms with van der Waals surface area (Å²) in [5.74, 6) is 0. The highest BCUT2D eigenvalue weighted by molar-refractivity contribution is 9.13. The lowest BCUT2D eigenvalue weighted by Crippen LogP contribution is -1.83. The maximum atomic E-state index is 5.69. The van der Waals surface area contributed by atoms with E-state index >= 15 is 0 Å². The summed E-state index contributed by atoms with van der Waals surface area (Å²) in [7, 11) is 0. The molecule has 11 heavy (non-hydrogen) atoms. The predicted molar refractivity (Wildman–Crippen MR) is 56.3 cm³/mol. The summed E-state index contributed by atoms with van der Waals surface area (Å²) >= 11 is 18.1. The van der Waals surface area contributed by atoms with Crippen molar-refractivity contribution in [2.45, 2.75) is 4.84 Å². The summed E-state index contributed by atoms with van der Waals surface area (Å²) in [5, 5.41) is 0. The molecule has 0 saturated carbocycles. The molecule has 0 aliphatic carbocycles. The van der Waals surface area contributed by atoms with Crippen LogP contribution in [0.5, 0.6) is 0 Å². The molecule has 4 heteroatoms. The molecule has 0 heterocycles. The molecule has 0 N–H and O–H groups in total. The molecular weight excluding hydrogens is 315 g/mol. The van der Waals surface area contributed by atoms with Crippen LogP contribution in [0, 0.1) is 0 Å². The third-order valence-corrected chi connectivity index (χ3v) is 3.76. The minimum Gasteiger partial charge on any atom is -0.100 e. The molecular formula is C7H4Br2Cl2. The number of hydrogen-bond acceptors (Lipinski definition) is 0. The first-order chi connectivity index (χ1) is 5.13. The summed E-state index contributed by atoms with van der Waals surface area (Å²) in [6.45, 7) is 0. The first-order valence-electron chi connectivity index (χ1n) is 2.85. The quantitative estimate of drug-likeness (QED) is 0.659. The van der Waals surface area contributed by atoms with Gasteiger partial charge in [-0.1, -0.05) is 12.1 Å². The van der Waals surface area contributed by atoms with Crippen LogP contribution < -0.4 is 0 Å². The van der Waals surface area contributed by atoms with E-state index in [1.165, 1.54) is 0 Å². The average molecular weight is 319 g/mol. The fraction of sp³-hybridized carbons (Fsp3) is 0.143. The second kappa shape index (κ2) is 4.13. The van der Waals surface area contributed by atoms with Crippen LogP contribution >= 0.6 is 55.1 Å². The average Bonchev–Trinajstić information content (AvgIpc) is 1.94. The van der Waals surface area contributed by atoms with Gasteiger partial charge in [0.1, 0.15) is 4.84 Å². The Bertz CT molecular complexity index is 261. The van der Waals surface area contributed by atoms with Crippen LogP contribution in [0.2, 0.25) is 0 Å². The number of benzene rings is 1. The highest BCUT2D eigenvalue weighted by Crippen LogP contribution is 2.35. The summed E-state index contributed by atoms with van der Waals surface area (Å²) in [6, 6.07) is 5.69. The Balaban J connectivity index is 3.17. The molecule has 1 aromatic carbocycles. The summed E-state index contributed by atoms with van der Waals surface area (Å²) in [6.07, 6.45) is 0. The van der Waals surface area contributed by atoms with Crippen LogP contribution in [0.25, 0.3) is 0 Å². The van der Waals surface area contributed by atoms with Crippen molar-refractivity contribution in [3.8, 4) is 0 Å². The molecule has 0 aliphatic heterocycles.